The van der Waals surface area contributed by atoms with Gasteiger partial charge in [0, 0.05) is 13.1 Å². The van der Waals surface area contributed by atoms with E-state index in [0.29, 0.717) is 46.5 Å². The van der Waals surface area contributed by atoms with Crippen LogP contribution in [0.2, 0.25) is 5.02 Å². The van der Waals surface area contributed by atoms with Crippen LogP contribution in [-0.4, -0.2) is 51.2 Å². The number of para-hydroxylation sites is 1. The first-order valence-corrected chi connectivity index (χ1v) is 14.1. The van der Waals surface area contributed by atoms with Gasteiger partial charge in [0.05, 0.1) is 26.4 Å². The lowest BCUT2D eigenvalue weighted by Gasteiger charge is -2.31. The van der Waals surface area contributed by atoms with Crippen LogP contribution in [0.3, 0.4) is 0 Å². The Morgan fingerprint density at radius 3 is 2.12 bits per heavy atom. The molecule has 0 aliphatic heterocycles. The van der Waals surface area contributed by atoms with E-state index in [1.54, 1.807) is 45.6 Å². The summed E-state index contributed by atoms with van der Waals surface area (Å²) in [6.45, 7) is 0.206. The number of nitrogens with zero attached hydrogens (tertiary/aromatic N) is 1. The lowest BCUT2D eigenvalue weighted by atomic mass is 10.0. The molecular formula is C34H35ClN2O6. The van der Waals surface area contributed by atoms with Crippen LogP contribution in [0.4, 0.5) is 0 Å². The number of hydrogen-bond donors (Lipinski definition) is 1. The molecular weight excluding hydrogens is 568 g/mol. The monoisotopic (exact) mass is 602 g/mol. The standard InChI is InChI=1S/C34H35ClN2O6/c1-40-27-16-13-25(14-17-27)22-37(32(38)23-43-29-12-8-7-11-28(29)35)33(26-9-5-4-6-10-26)34(39)36-20-19-24-15-18-30(41-2)31(21-24)42-3/h4-18,21,33H,19-20,22-23H2,1-3H3,(H,36,39)/t33-/m1/s1. The van der Waals surface area contributed by atoms with Gasteiger partial charge < -0.3 is 29.2 Å². The number of carbonyl (C=O) groups excluding carboxylic acids is 2. The Morgan fingerprint density at radius 2 is 1.44 bits per heavy atom. The molecule has 0 spiro atoms. The van der Waals surface area contributed by atoms with E-state index >= 15 is 0 Å². The van der Waals surface area contributed by atoms with Crippen molar-refractivity contribution in [1.29, 1.82) is 0 Å². The molecule has 4 aromatic rings. The Morgan fingerprint density at radius 1 is 0.767 bits per heavy atom. The van der Waals surface area contributed by atoms with Crippen LogP contribution in [0.25, 0.3) is 0 Å². The van der Waals surface area contributed by atoms with Gasteiger partial charge in [0.2, 0.25) is 5.91 Å². The predicted molar refractivity (Wildman–Crippen MR) is 166 cm³/mol. The maximum absolute atomic E-state index is 13.9. The summed E-state index contributed by atoms with van der Waals surface area (Å²) in [5, 5.41) is 3.42. The molecule has 0 heterocycles. The SMILES string of the molecule is COc1ccc(CN(C(=O)COc2ccccc2Cl)[C@@H](C(=O)NCCc2ccc(OC)c(OC)c2)c2ccccc2)cc1. The zero-order valence-electron chi connectivity index (χ0n) is 24.4. The van der Waals surface area contributed by atoms with Crippen molar-refractivity contribution in [1.82, 2.24) is 10.2 Å². The van der Waals surface area contributed by atoms with Crippen molar-refractivity contribution in [3.8, 4) is 23.0 Å². The molecule has 0 aliphatic carbocycles. The third kappa shape index (κ3) is 8.42. The van der Waals surface area contributed by atoms with Crippen molar-refractivity contribution in [2.24, 2.45) is 0 Å². The van der Waals surface area contributed by atoms with Gasteiger partial charge in [-0.1, -0.05) is 72.3 Å². The second kappa shape index (κ2) is 15.5. The Balaban J connectivity index is 1.59. The van der Waals surface area contributed by atoms with Crippen molar-refractivity contribution >= 4 is 23.4 Å². The van der Waals surface area contributed by atoms with Gasteiger partial charge in [-0.25, -0.2) is 0 Å². The number of methoxy groups -OCH3 is 3. The molecule has 4 rings (SSSR count). The van der Waals surface area contributed by atoms with E-state index in [0.717, 1.165) is 11.1 Å². The van der Waals surface area contributed by atoms with Gasteiger partial charge in [-0.15, -0.1) is 0 Å². The molecule has 0 radical (unpaired) electrons. The summed E-state index contributed by atoms with van der Waals surface area (Å²) >= 11 is 6.26. The number of rotatable bonds is 14. The van der Waals surface area contributed by atoms with Crippen LogP contribution in [0.15, 0.2) is 97.1 Å². The molecule has 0 aromatic heterocycles. The second-order valence-electron chi connectivity index (χ2n) is 9.63. The van der Waals surface area contributed by atoms with Gasteiger partial charge in [-0.05, 0) is 59.5 Å². The van der Waals surface area contributed by atoms with Crippen LogP contribution in [-0.2, 0) is 22.6 Å². The fourth-order valence-electron chi connectivity index (χ4n) is 4.61. The fraction of sp³-hybridized carbons (Fsp3) is 0.235. The third-order valence-electron chi connectivity index (χ3n) is 6.86. The number of halogens is 1. The Kier molecular flexibility index (Phi) is 11.3. The lowest BCUT2D eigenvalue weighted by molar-refractivity contribution is -0.143. The molecule has 0 saturated heterocycles. The molecule has 4 aromatic carbocycles. The van der Waals surface area contributed by atoms with Gasteiger partial charge in [0.25, 0.3) is 5.91 Å². The lowest BCUT2D eigenvalue weighted by Crippen LogP contribution is -2.45. The number of ether oxygens (including phenoxy) is 4. The average Bonchev–Trinajstić information content (AvgIpc) is 3.04. The Labute approximate surface area is 257 Å². The average molecular weight is 603 g/mol. The van der Waals surface area contributed by atoms with Crippen LogP contribution in [0.1, 0.15) is 22.7 Å². The summed E-state index contributed by atoms with van der Waals surface area (Å²) in [6, 6.07) is 28.2. The summed E-state index contributed by atoms with van der Waals surface area (Å²) in [5.41, 5.74) is 2.46. The van der Waals surface area contributed by atoms with E-state index in [-0.39, 0.29) is 25.0 Å². The van der Waals surface area contributed by atoms with Gasteiger partial charge in [-0.2, -0.15) is 0 Å². The van der Waals surface area contributed by atoms with Crippen molar-refractivity contribution in [3.05, 3.63) is 119 Å². The van der Waals surface area contributed by atoms with Crippen LogP contribution in [0.5, 0.6) is 23.0 Å². The van der Waals surface area contributed by atoms with Crippen LogP contribution < -0.4 is 24.3 Å². The Bertz CT molecular complexity index is 1500. The maximum Gasteiger partial charge on any atom is 0.261 e. The molecule has 224 valence electrons. The zero-order valence-corrected chi connectivity index (χ0v) is 25.2. The highest BCUT2D eigenvalue weighted by Crippen LogP contribution is 2.29. The first kappa shape index (κ1) is 31.3. The molecule has 2 amide bonds. The minimum absolute atomic E-state index is 0.164. The smallest absolute Gasteiger partial charge is 0.261 e. The first-order valence-electron chi connectivity index (χ1n) is 13.8. The van der Waals surface area contributed by atoms with Crippen molar-refractivity contribution in [3.63, 3.8) is 0 Å². The summed E-state index contributed by atoms with van der Waals surface area (Å²) in [4.78, 5) is 29.2. The molecule has 0 saturated carbocycles. The number of hydrogen-bond acceptors (Lipinski definition) is 6. The largest absolute Gasteiger partial charge is 0.497 e. The van der Waals surface area contributed by atoms with Crippen molar-refractivity contribution < 1.29 is 28.5 Å². The number of benzene rings is 4. The topological polar surface area (TPSA) is 86.3 Å². The number of nitrogens with one attached hydrogen (secondary N) is 1. The maximum atomic E-state index is 13.9. The van der Waals surface area contributed by atoms with Gasteiger partial charge in [-0.3, -0.25) is 9.59 Å². The quantitative estimate of drug-likeness (QED) is 0.194. The summed E-state index contributed by atoms with van der Waals surface area (Å²) in [5.74, 6) is 1.63. The van der Waals surface area contributed by atoms with E-state index in [2.05, 4.69) is 5.32 Å². The van der Waals surface area contributed by atoms with E-state index in [4.69, 9.17) is 30.5 Å². The van der Waals surface area contributed by atoms with E-state index in [1.165, 1.54) is 4.90 Å². The summed E-state index contributed by atoms with van der Waals surface area (Å²) in [6.07, 6.45) is 0.551. The molecule has 43 heavy (non-hydrogen) atoms. The molecule has 0 bridgehead atoms. The van der Waals surface area contributed by atoms with Gasteiger partial charge >= 0.3 is 0 Å². The second-order valence-corrected chi connectivity index (χ2v) is 10.0. The third-order valence-corrected chi connectivity index (χ3v) is 7.17. The van der Waals surface area contributed by atoms with E-state index in [9.17, 15) is 9.59 Å². The molecule has 0 unspecified atom stereocenters. The van der Waals surface area contributed by atoms with Crippen molar-refractivity contribution in [2.75, 3.05) is 34.5 Å². The fourth-order valence-corrected chi connectivity index (χ4v) is 4.80. The zero-order chi connectivity index (χ0) is 30.6. The first-order chi connectivity index (χ1) is 20.9. The minimum Gasteiger partial charge on any atom is -0.497 e. The van der Waals surface area contributed by atoms with Crippen LogP contribution in [0, 0.1) is 0 Å². The number of amides is 2. The highest BCUT2D eigenvalue weighted by molar-refractivity contribution is 6.32. The minimum atomic E-state index is -0.920. The predicted octanol–water partition coefficient (Wildman–Crippen LogP) is 5.87. The van der Waals surface area contributed by atoms with Crippen LogP contribution >= 0.6 is 11.6 Å². The highest BCUT2D eigenvalue weighted by atomic mass is 35.5. The summed E-state index contributed by atoms with van der Waals surface area (Å²) < 4.78 is 21.8. The molecule has 1 atom stereocenters. The normalized spacial score (nSPS) is 11.3. The van der Waals surface area contributed by atoms with Crippen molar-refractivity contribution in [2.45, 2.75) is 19.0 Å². The van der Waals surface area contributed by atoms with E-state index < -0.39 is 6.04 Å². The molecule has 9 heteroatoms. The van der Waals surface area contributed by atoms with E-state index in [1.807, 2.05) is 72.8 Å². The summed E-state index contributed by atoms with van der Waals surface area (Å²) in [7, 11) is 4.76. The Hall–Kier alpha value is -4.69. The molecule has 0 fully saturated rings. The molecule has 0 aliphatic rings. The molecule has 1 N–H and O–H groups in total. The molecule has 8 nitrogen and oxygen atoms in total. The highest BCUT2D eigenvalue weighted by Gasteiger charge is 2.32. The van der Waals surface area contributed by atoms with Gasteiger partial charge in [0.1, 0.15) is 17.5 Å². The van der Waals surface area contributed by atoms with Gasteiger partial charge in [0.15, 0.2) is 18.1 Å². The number of carbonyl (C=O) groups is 2.